The summed E-state index contributed by atoms with van der Waals surface area (Å²) in [5, 5.41) is 8.10. The Kier molecular flexibility index (Phi) is 5.08. The van der Waals surface area contributed by atoms with E-state index >= 15 is 0 Å². The number of hydrogen-bond acceptors (Lipinski definition) is 6. The number of nitrogens with one attached hydrogen (secondary N) is 1. The van der Waals surface area contributed by atoms with E-state index < -0.39 is 10.0 Å². The number of nitrogens with zero attached hydrogens (tertiary/aromatic N) is 3. The van der Waals surface area contributed by atoms with E-state index in [2.05, 4.69) is 19.8 Å². The molecule has 1 aliphatic rings. The molecule has 0 aliphatic carbocycles. The molecule has 7 nitrogen and oxygen atoms in total. The summed E-state index contributed by atoms with van der Waals surface area (Å²) in [5.41, 5.74) is 0. The van der Waals surface area contributed by atoms with Crippen LogP contribution in [0.4, 0.5) is 11.6 Å². The van der Waals surface area contributed by atoms with Gasteiger partial charge in [0.15, 0.2) is 11.6 Å². The second-order valence-electron chi connectivity index (χ2n) is 6.21. The van der Waals surface area contributed by atoms with Crippen LogP contribution in [-0.4, -0.2) is 37.8 Å². The molecule has 25 heavy (non-hydrogen) atoms. The van der Waals surface area contributed by atoms with Gasteiger partial charge in [-0.05, 0) is 63.1 Å². The maximum atomic E-state index is 12.4. The monoisotopic (exact) mass is 362 g/mol. The summed E-state index contributed by atoms with van der Waals surface area (Å²) in [6, 6.07) is 9.70. The Morgan fingerprint density at radius 1 is 1.04 bits per heavy atom. The highest BCUT2D eigenvalue weighted by Gasteiger charge is 2.17. The summed E-state index contributed by atoms with van der Waals surface area (Å²) in [6.45, 7) is 5.75. The van der Waals surface area contributed by atoms with Crippen molar-refractivity contribution in [2.45, 2.75) is 37.7 Å². The zero-order valence-electron chi connectivity index (χ0n) is 14.3. The Morgan fingerprint density at radius 2 is 1.72 bits per heavy atom. The highest BCUT2D eigenvalue weighted by atomic mass is 32.2. The quantitative estimate of drug-likeness (QED) is 0.850. The van der Waals surface area contributed by atoms with Crippen LogP contribution >= 0.6 is 0 Å². The summed E-state index contributed by atoms with van der Waals surface area (Å²) in [5.74, 6) is 1.60. The van der Waals surface area contributed by atoms with Crippen LogP contribution in [0.5, 0.6) is 5.75 Å². The molecule has 1 fully saturated rings. The maximum absolute atomic E-state index is 12.4. The topological polar surface area (TPSA) is 84.4 Å². The molecule has 134 valence electrons. The van der Waals surface area contributed by atoms with Gasteiger partial charge in [0.05, 0.1) is 11.0 Å². The number of benzene rings is 1. The van der Waals surface area contributed by atoms with Gasteiger partial charge >= 0.3 is 0 Å². The van der Waals surface area contributed by atoms with Crippen LogP contribution in [0.2, 0.25) is 0 Å². The molecule has 1 aromatic heterocycles. The Hall–Kier alpha value is -2.35. The normalized spacial score (nSPS) is 14.8. The van der Waals surface area contributed by atoms with E-state index in [1.807, 2.05) is 13.8 Å². The minimum absolute atomic E-state index is 0.0324. The molecule has 2 aromatic rings. The smallest absolute Gasteiger partial charge is 0.263 e. The highest BCUT2D eigenvalue weighted by Crippen LogP contribution is 2.21. The van der Waals surface area contributed by atoms with Crippen LogP contribution in [0.25, 0.3) is 0 Å². The predicted molar refractivity (Wildman–Crippen MR) is 96.5 cm³/mol. The molecule has 1 saturated heterocycles. The molecule has 1 N–H and O–H groups in total. The van der Waals surface area contributed by atoms with Gasteiger partial charge in [-0.25, -0.2) is 8.42 Å². The molecule has 0 amide bonds. The molecule has 0 radical (unpaired) electrons. The minimum atomic E-state index is -3.71. The number of hydrogen-bond donors (Lipinski definition) is 1. The summed E-state index contributed by atoms with van der Waals surface area (Å²) in [6.07, 6.45) is 2.32. The van der Waals surface area contributed by atoms with Crippen molar-refractivity contribution in [3.8, 4) is 5.75 Å². The van der Waals surface area contributed by atoms with Crippen molar-refractivity contribution < 1.29 is 13.2 Å². The molecule has 8 heteroatoms. The van der Waals surface area contributed by atoms with Gasteiger partial charge in [-0.1, -0.05) is 0 Å². The summed E-state index contributed by atoms with van der Waals surface area (Å²) in [4.78, 5) is 2.28. The first kappa shape index (κ1) is 17.5. The third kappa shape index (κ3) is 4.39. The number of aromatic nitrogens is 2. The van der Waals surface area contributed by atoms with E-state index in [4.69, 9.17) is 4.74 Å². The number of sulfonamides is 1. The first-order valence-electron chi connectivity index (χ1n) is 8.32. The van der Waals surface area contributed by atoms with E-state index in [9.17, 15) is 8.42 Å². The van der Waals surface area contributed by atoms with Gasteiger partial charge in [0.1, 0.15) is 5.75 Å². The fraction of sp³-hybridized carbons (Fsp3) is 0.412. The molecule has 0 spiro atoms. The average molecular weight is 362 g/mol. The van der Waals surface area contributed by atoms with Crippen LogP contribution in [-0.2, 0) is 10.0 Å². The van der Waals surface area contributed by atoms with Crippen molar-refractivity contribution in [3.63, 3.8) is 0 Å². The molecule has 1 aromatic carbocycles. The zero-order chi connectivity index (χ0) is 17.9. The largest absolute Gasteiger partial charge is 0.491 e. The lowest BCUT2D eigenvalue weighted by atomic mass is 10.3. The molecule has 1 aliphatic heterocycles. The standard InChI is InChI=1S/C17H22N4O3S/c1-13(2)24-14-5-7-15(8-6-14)25(22,23)20-16-9-10-17(19-18-16)21-11-3-4-12-21/h5-10,13H,3-4,11-12H2,1-2H3,(H,18,20). The first-order chi connectivity index (χ1) is 11.9. The number of ether oxygens (including phenoxy) is 1. The van der Waals surface area contributed by atoms with Crippen molar-refractivity contribution in [2.24, 2.45) is 0 Å². The number of rotatable bonds is 6. The van der Waals surface area contributed by atoms with Crippen LogP contribution in [0.15, 0.2) is 41.3 Å². The van der Waals surface area contributed by atoms with Gasteiger partial charge in [-0.3, -0.25) is 4.72 Å². The molecule has 3 rings (SSSR count). The zero-order valence-corrected chi connectivity index (χ0v) is 15.2. The molecular formula is C17H22N4O3S. The van der Waals surface area contributed by atoms with Crippen molar-refractivity contribution >= 4 is 21.7 Å². The van der Waals surface area contributed by atoms with E-state index in [1.165, 1.54) is 12.1 Å². The van der Waals surface area contributed by atoms with Crippen LogP contribution < -0.4 is 14.4 Å². The predicted octanol–water partition coefficient (Wildman–Crippen LogP) is 2.66. The lowest BCUT2D eigenvalue weighted by Gasteiger charge is -2.15. The Morgan fingerprint density at radius 3 is 2.28 bits per heavy atom. The van der Waals surface area contributed by atoms with Crippen LogP contribution in [0, 0.1) is 0 Å². The van der Waals surface area contributed by atoms with Gasteiger partial charge in [0.2, 0.25) is 0 Å². The second kappa shape index (κ2) is 7.26. The van der Waals surface area contributed by atoms with Gasteiger partial charge in [0, 0.05) is 13.1 Å². The third-order valence-corrected chi connectivity index (χ3v) is 5.20. The molecule has 0 bridgehead atoms. The van der Waals surface area contributed by atoms with E-state index in [0.717, 1.165) is 31.7 Å². The summed E-state index contributed by atoms with van der Waals surface area (Å²) < 4.78 is 32.9. The lowest BCUT2D eigenvalue weighted by molar-refractivity contribution is 0.242. The summed E-state index contributed by atoms with van der Waals surface area (Å²) >= 11 is 0. The van der Waals surface area contributed by atoms with Crippen molar-refractivity contribution in [3.05, 3.63) is 36.4 Å². The van der Waals surface area contributed by atoms with Crippen molar-refractivity contribution in [1.29, 1.82) is 0 Å². The van der Waals surface area contributed by atoms with Gasteiger partial charge in [-0.15, -0.1) is 10.2 Å². The summed E-state index contributed by atoms with van der Waals surface area (Å²) in [7, 11) is -3.71. The molecule has 2 heterocycles. The van der Waals surface area contributed by atoms with E-state index in [-0.39, 0.29) is 16.8 Å². The lowest BCUT2D eigenvalue weighted by Crippen LogP contribution is -2.20. The van der Waals surface area contributed by atoms with Gasteiger partial charge in [-0.2, -0.15) is 0 Å². The first-order valence-corrected chi connectivity index (χ1v) is 9.80. The van der Waals surface area contributed by atoms with E-state index in [0.29, 0.717) is 5.75 Å². The fourth-order valence-corrected chi connectivity index (χ4v) is 3.66. The third-order valence-electron chi connectivity index (χ3n) is 3.83. The molecular weight excluding hydrogens is 340 g/mol. The second-order valence-corrected chi connectivity index (χ2v) is 7.90. The molecule has 0 atom stereocenters. The van der Waals surface area contributed by atoms with Crippen molar-refractivity contribution in [2.75, 3.05) is 22.7 Å². The van der Waals surface area contributed by atoms with Gasteiger partial charge in [0.25, 0.3) is 10.0 Å². The van der Waals surface area contributed by atoms with Gasteiger partial charge < -0.3 is 9.64 Å². The van der Waals surface area contributed by atoms with E-state index in [1.54, 1.807) is 24.3 Å². The Labute approximate surface area is 148 Å². The maximum Gasteiger partial charge on any atom is 0.263 e. The van der Waals surface area contributed by atoms with Crippen molar-refractivity contribution in [1.82, 2.24) is 10.2 Å². The van der Waals surface area contributed by atoms with Crippen LogP contribution in [0.3, 0.4) is 0 Å². The Balaban J connectivity index is 1.70. The Bertz CT molecular complexity index is 799. The fourth-order valence-electron chi connectivity index (χ4n) is 2.66. The highest BCUT2D eigenvalue weighted by molar-refractivity contribution is 7.92. The molecule has 0 saturated carbocycles. The molecule has 0 unspecified atom stereocenters. The van der Waals surface area contributed by atoms with Crippen LogP contribution in [0.1, 0.15) is 26.7 Å². The number of anilines is 2. The minimum Gasteiger partial charge on any atom is -0.491 e. The average Bonchev–Trinajstić information content (AvgIpc) is 3.09. The SMILES string of the molecule is CC(C)Oc1ccc(S(=O)(=O)Nc2ccc(N3CCCC3)nn2)cc1.